The molecule has 0 aliphatic carbocycles. The summed E-state index contributed by atoms with van der Waals surface area (Å²) in [7, 11) is 1.25. The molecule has 0 aliphatic heterocycles. The predicted octanol–water partition coefficient (Wildman–Crippen LogP) is 2.59. The summed E-state index contributed by atoms with van der Waals surface area (Å²) in [6.07, 6.45) is -1.11. The number of benzene rings is 1. The van der Waals surface area contributed by atoms with Gasteiger partial charge in [-0.2, -0.15) is 0 Å². The molecule has 0 aliphatic rings. The van der Waals surface area contributed by atoms with Crippen LogP contribution < -0.4 is 0 Å². The SMILES string of the molecule is COC(=O)CC(C)C(O)c1ccc(Br)cc1[N+](=O)[O-]. The van der Waals surface area contributed by atoms with Gasteiger partial charge in [-0.05, 0) is 18.1 Å². The summed E-state index contributed by atoms with van der Waals surface area (Å²) in [6, 6.07) is 4.40. The first-order valence-corrected chi connectivity index (χ1v) is 6.34. The van der Waals surface area contributed by atoms with Crippen LogP contribution in [0.15, 0.2) is 22.7 Å². The predicted molar refractivity (Wildman–Crippen MR) is 71.6 cm³/mol. The first-order valence-electron chi connectivity index (χ1n) is 5.55. The summed E-state index contributed by atoms with van der Waals surface area (Å²) in [4.78, 5) is 21.6. The van der Waals surface area contributed by atoms with Crippen LogP contribution in [0.2, 0.25) is 0 Å². The van der Waals surface area contributed by atoms with Gasteiger partial charge >= 0.3 is 5.97 Å². The number of nitrogens with zero attached hydrogens (tertiary/aromatic N) is 1. The fourth-order valence-electron chi connectivity index (χ4n) is 1.69. The number of carbonyl (C=O) groups excluding carboxylic acids is 1. The maximum absolute atomic E-state index is 11.2. The van der Waals surface area contributed by atoms with Crippen molar-refractivity contribution < 1.29 is 19.6 Å². The van der Waals surface area contributed by atoms with Crippen molar-refractivity contribution in [1.82, 2.24) is 0 Å². The fourth-order valence-corrected chi connectivity index (χ4v) is 2.04. The van der Waals surface area contributed by atoms with Gasteiger partial charge in [0.1, 0.15) is 0 Å². The molecule has 0 heterocycles. The summed E-state index contributed by atoms with van der Waals surface area (Å²) < 4.78 is 5.06. The Labute approximate surface area is 118 Å². The zero-order chi connectivity index (χ0) is 14.6. The van der Waals surface area contributed by atoms with Crippen LogP contribution in [0.25, 0.3) is 0 Å². The quantitative estimate of drug-likeness (QED) is 0.508. The van der Waals surface area contributed by atoms with Crippen molar-refractivity contribution in [1.29, 1.82) is 0 Å². The van der Waals surface area contributed by atoms with Crippen LogP contribution in [0.5, 0.6) is 0 Å². The Morgan fingerprint density at radius 1 is 1.58 bits per heavy atom. The number of halogens is 1. The van der Waals surface area contributed by atoms with Gasteiger partial charge in [-0.25, -0.2) is 0 Å². The normalized spacial score (nSPS) is 13.7. The van der Waals surface area contributed by atoms with Crippen molar-refractivity contribution in [3.63, 3.8) is 0 Å². The number of carbonyl (C=O) groups is 1. The number of hydrogen-bond donors (Lipinski definition) is 1. The zero-order valence-corrected chi connectivity index (χ0v) is 12.1. The maximum atomic E-state index is 11.2. The van der Waals surface area contributed by atoms with Crippen molar-refractivity contribution in [2.75, 3.05) is 7.11 Å². The molecule has 2 unspecified atom stereocenters. The third-order valence-corrected chi connectivity index (χ3v) is 3.26. The van der Waals surface area contributed by atoms with Gasteiger partial charge in [-0.1, -0.05) is 22.9 Å². The van der Waals surface area contributed by atoms with Crippen LogP contribution in [0.3, 0.4) is 0 Å². The van der Waals surface area contributed by atoms with Crippen LogP contribution >= 0.6 is 15.9 Å². The van der Waals surface area contributed by atoms with Crippen molar-refractivity contribution >= 4 is 27.6 Å². The van der Waals surface area contributed by atoms with E-state index in [0.717, 1.165) is 0 Å². The number of nitro groups is 1. The van der Waals surface area contributed by atoms with E-state index in [1.165, 1.54) is 19.2 Å². The number of methoxy groups -OCH3 is 1. The van der Waals surface area contributed by atoms with E-state index in [1.54, 1.807) is 13.0 Å². The lowest BCUT2D eigenvalue weighted by Gasteiger charge is -2.18. The molecule has 0 aromatic heterocycles. The van der Waals surface area contributed by atoms with Crippen LogP contribution in [0.4, 0.5) is 5.69 Å². The zero-order valence-electron chi connectivity index (χ0n) is 10.5. The molecule has 2 atom stereocenters. The van der Waals surface area contributed by atoms with Gasteiger partial charge in [0.05, 0.1) is 30.1 Å². The lowest BCUT2D eigenvalue weighted by atomic mass is 9.93. The number of aliphatic hydroxyl groups is 1. The number of nitro benzene ring substituents is 1. The fraction of sp³-hybridized carbons (Fsp3) is 0.417. The summed E-state index contributed by atoms with van der Waals surface area (Å²) in [6.45, 7) is 1.63. The molecule has 0 spiro atoms. The largest absolute Gasteiger partial charge is 0.469 e. The molecule has 7 heteroatoms. The standard InChI is InChI=1S/C12H14BrNO5/c1-7(5-11(15)19-2)12(16)9-4-3-8(13)6-10(9)14(17)18/h3-4,6-7,12,16H,5H2,1-2H3. The highest BCUT2D eigenvalue weighted by Gasteiger charge is 2.26. The lowest BCUT2D eigenvalue weighted by Crippen LogP contribution is -2.16. The van der Waals surface area contributed by atoms with Gasteiger partial charge in [0.2, 0.25) is 0 Å². The molecule has 1 N–H and O–H groups in total. The highest BCUT2D eigenvalue weighted by Crippen LogP contribution is 2.33. The van der Waals surface area contributed by atoms with Crippen molar-refractivity contribution in [3.05, 3.63) is 38.3 Å². The average Bonchev–Trinajstić information content (AvgIpc) is 2.37. The summed E-state index contributed by atoms with van der Waals surface area (Å²) in [5.74, 6) is -0.946. The molecular formula is C12H14BrNO5. The molecule has 1 aromatic carbocycles. The molecule has 0 saturated carbocycles. The molecule has 6 nitrogen and oxygen atoms in total. The van der Waals surface area contributed by atoms with Gasteiger partial charge in [0, 0.05) is 10.5 Å². The van der Waals surface area contributed by atoms with Gasteiger partial charge in [0.25, 0.3) is 5.69 Å². The van der Waals surface area contributed by atoms with E-state index in [2.05, 4.69) is 20.7 Å². The molecule has 0 saturated heterocycles. The average molecular weight is 332 g/mol. The van der Waals surface area contributed by atoms with Crippen molar-refractivity contribution in [2.45, 2.75) is 19.4 Å². The van der Waals surface area contributed by atoms with E-state index in [4.69, 9.17) is 0 Å². The summed E-state index contributed by atoms with van der Waals surface area (Å²) in [5.41, 5.74) is 0.00296. The molecule has 0 amide bonds. The van der Waals surface area contributed by atoms with Crippen LogP contribution in [-0.4, -0.2) is 23.1 Å². The Morgan fingerprint density at radius 2 is 2.21 bits per heavy atom. The van der Waals surface area contributed by atoms with E-state index in [-0.39, 0.29) is 17.7 Å². The van der Waals surface area contributed by atoms with E-state index in [1.807, 2.05) is 0 Å². The first kappa shape index (κ1) is 15.6. The minimum atomic E-state index is -1.10. The smallest absolute Gasteiger partial charge is 0.305 e. The molecule has 0 bridgehead atoms. The Hall–Kier alpha value is -1.47. The van der Waals surface area contributed by atoms with E-state index < -0.39 is 22.9 Å². The van der Waals surface area contributed by atoms with Crippen molar-refractivity contribution in [2.24, 2.45) is 5.92 Å². The second kappa shape index (κ2) is 6.63. The number of aliphatic hydroxyl groups excluding tert-OH is 1. The lowest BCUT2D eigenvalue weighted by molar-refractivity contribution is -0.386. The van der Waals surface area contributed by atoms with E-state index in [0.29, 0.717) is 4.47 Å². The molecule has 0 fully saturated rings. The van der Waals surface area contributed by atoms with Crippen LogP contribution in [-0.2, 0) is 9.53 Å². The highest BCUT2D eigenvalue weighted by atomic mass is 79.9. The Bertz CT molecular complexity index is 491. The highest BCUT2D eigenvalue weighted by molar-refractivity contribution is 9.10. The topological polar surface area (TPSA) is 89.7 Å². The summed E-state index contributed by atoms with van der Waals surface area (Å²) in [5, 5.41) is 21.1. The van der Waals surface area contributed by atoms with Gasteiger partial charge in [-0.3, -0.25) is 14.9 Å². The maximum Gasteiger partial charge on any atom is 0.305 e. The molecule has 19 heavy (non-hydrogen) atoms. The Morgan fingerprint density at radius 3 is 2.74 bits per heavy atom. The van der Waals surface area contributed by atoms with E-state index >= 15 is 0 Å². The van der Waals surface area contributed by atoms with E-state index in [9.17, 15) is 20.0 Å². The van der Waals surface area contributed by atoms with Crippen LogP contribution in [0, 0.1) is 16.0 Å². The molecule has 1 aromatic rings. The molecule has 0 radical (unpaired) electrons. The third-order valence-electron chi connectivity index (χ3n) is 2.76. The van der Waals surface area contributed by atoms with Gasteiger partial charge < -0.3 is 9.84 Å². The van der Waals surface area contributed by atoms with Gasteiger partial charge in [-0.15, -0.1) is 0 Å². The summed E-state index contributed by atoms with van der Waals surface area (Å²) >= 11 is 3.14. The Kier molecular flexibility index (Phi) is 5.44. The Balaban J connectivity index is 3.01. The van der Waals surface area contributed by atoms with Gasteiger partial charge in [0.15, 0.2) is 0 Å². The number of esters is 1. The monoisotopic (exact) mass is 331 g/mol. The third kappa shape index (κ3) is 4.00. The second-order valence-corrected chi connectivity index (χ2v) is 5.08. The number of ether oxygens (including phenoxy) is 1. The van der Waals surface area contributed by atoms with Crippen molar-refractivity contribution in [3.8, 4) is 0 Å². The number of rotatable bonds is 5. The number of hydrogen-bond acceptors (Lipinski definition) is 5. The first-order chi connectivity index (χ1) is 8.86. The molecule has 104 valence electrons. The molecular weight excluding hydrogens is 318 g/mol. The molecule has 1 rings (SSSR count). The second-order valence-electron chi connectivity index (χ2n) is 4.16. The minimum Gasteiger partial charge on any atom is -0.469 e. The van der Waals surface area contributed by atoms with Crippen LogP contribution in [0.1, 0.15) is 25.0 Å². The minimum absolute atomic E-state index is 0.00904.